The summed E-state index contributed by atoms with van der Waals surface area (Å²) in [5.41, 5.74) is 6.02. The van der Waals surface area contributed by atoms with E-state index in [1.54, 1.807) is 12.3 Å². The van der Waals surface area contributed by atoms with Crippen molar-refractivity contribution in [3.63, 3.8) is 0 Å². The van der Waals surface area contributed by atoms with Gasteiger partial charge < -0.3 is 15.2 Å². The molecule has 0 saturated carbocycles. The lowest BCUT2D eigenvalue weighted by Crippen LogP contribution is -2.35. The Balaban J connectivity index is 1.48. The summed E-state index contributed by atoms with van der Waals surface area (Å²) < 4.78 is 5.25. The smallest absolute Gasteiger partial charge is 0.247 e. The topological polar surface area (TPSA) is 80.0 Å². The highest BCUT2D eigenvalue weighted by atomic mass is 16.5. The highest BCUT2D eigenvalue weighted by Gasteiger charge is 2.22. The van der Waals surface area contributed by atoms with Crippen molar-refractivity contribution in [3.8, 4) is 11.1 Å². The third-order valence-electron chi connectivity index (χ3n) is 6.01. The largest absolute Gasteiger partial charge is 0.361 e. The van der Waals surface area contributed by atoms with Crippen molar-refractivity contribution in [2.24, 2.45) is 0 Å². The van der Waals surface area contributed by atoms with E-state index in [1.807, 2.05) is 50.2 Å². The van der Waals surface area contributed by atoms with Gasteiger partial charge in [-0.25, -0.2) is 4.98 Å². The average molecular weight is 455 g/mol. The van der Waals surface area contributed by atoms with E-state index < -0.39 is 6.04 Å². The number of nitrogens with one attached hydrogen (secondary N) is 2. The van der Waals surface area contributed by atoms with Crippen molar-refractivity contribution >= 4 is 11.7 Å². The minimum atomic E-state index is -0.502. The van der Waals surface area contributed by atoms with Crippen LogP contribution >= 0.6 is 0 Å². The molecule has 2 aromatic carbocycles. The van der Waals surface area contributed by atoms with E-state index in [9.17, 15) is 4.79 Å². The normalized spacial score (nSPS) is 12.8. The molecule has 34 heavy (non-hydrogen) atoms. The fourth-order valence-electron chi connectivity index (χ4n) is 4.02. The molecule has 4 aromatic rings. The highest BCUT2D eigenvalue weighted by molar-refractivity contribution is 5.95. The van der Waals surface area contributed by atoms with Gasteiger partial charge in [-0.15, -0.1) is 0 Å². The number of hydrogen-bond acceptors (Lipinski definition) is 5. The molecule has 174 valence electrons. The Labute approximate surface area is 200 Å². The number of carbonyl (C=O) groups excluding carboxylic acids is 1. The van der Waals surface area contributed by atoms with Crippen LogP contribution in [0.3, 0.4) is 0 Å². The lowest BCUT2D eigenvalue weighted by Gasteiger charge is -2.21. The standard InChI is InChI=1S/C28H30N4O2/c1-18-10-12-22(13-11-18)19(2)16-30-27(23-8-6-5-7-9-23)28(33)31-25-15-14-24(17-29-25)26-20(3)32-34-21(26)4/h5-15,17,19,27,30H,16H2,1-4H3,(H,29,31,33)/t19?,27-/m1/s1. The number of nitrogens with zero attached hydrogens (tertiary/aromatic N) is 2. The van der Waals surface area contributed by atoms with Gasteiger partial charge in [-0.3, -0.25) is 4.79 Å². The number of hydrogen-bond donors (Lipinski definition) is 2. The molecule has 2 N–H and O–H groups in total. The molecule has 0 aliphatic rings. The Morgan fingerprint density at radius 2 is 1.68 bits per heavy atom. The molecule has 2 aromatic heterocycles. The molecule has 0 aliphatic carbocycles. The van der Waals surface area contributed by atoms with Gasteiger partial charge in [0.1, 0.15) is 17.6 Å². The second-order valence-electron chi connectivity index (χ2n) is 8.68. The van der Waals surface area contributed by atoms with Crippen LogP contribution in [-0.2, 0) is 4.79 Å². The van der Waals surface area contributed by atoms with Crippen LogP contribution in [-0.4, -0.2) is 22.6 Å². The molecule has 0 spiro atoms. The Bertz CT molecular complexity index is 1210. The fourth-order valence-corrected chi connectivity index (χ4v) is 4.02. The van der Waals surface area contributed by atoms with E-state index in [1.165, 1.54) is 11.1 Å². The highest BCUT2D eigenvalue weighted by Crippen LogP contribution is 2.27. The summed E-state index contributed by atoms with van der Waals surface area (Å²) in [6, 6.07) is 21.5. The number of benzene rings is 2. The zero-order valence-corrected chi connectivity index (χ0v) is 20.0. The predicted octanol–water partition coefficient (Wildman–Crippen LogP) is 5.73. The van der Waals surface area contributed by atoms with E-state index in [4.69, 9.17) is 4.52 Å². The molecule has 0 radical (unpaired) electrons. The first kappa shape index (κ1) is 23.4. The summed E-state index contributed by atoms with van der Waals surface area (Å²) in [5.74, 6) is 1.34. The molecule has 4 rings (SSSR count). The molecule has 6 nitrogen and oxygen atoms in total. The Morgan fingerprint density at radius 3 is 2.29 bits per heavy atom. The molecular weight excluding hydrogens is 424 g/mol. The molecule has 0 aliphatic heterocycles. The summed E-state index contributed by atoms with van der Waals surface area (Å²) in [4.78, 5) is 17.7. The van der Waals surface area contributed by atoms with E-state index in [2.05, 4.69) is 58.9 Å². The lowest BCUT2D eigenvalue weighted by molar-refractivity contribution is -0.118. The molecule has 1 unspecified atom stereocenters. The number of amides is 1. The summed E-state index contributed by atoms with van der Waals surface area (Å²) in [6.45, 7) is 8.67. The molecule has 1 amide bonds. The van der Waals surface area contributed by atoms with Crippen molar-refractivity contribution < 1.29 is 9.32 Å². The van der Waals surface area contributed by atoms with Gasteiger partial charge >= 0.3 is 0 Å². The average Bonchev–Trinajstić information content (AvgIpc) is 3.18. The van der Waals surface area contributed by atoms with Gasteiger partial charge in [0.25, 0.3) is 0 Å². The van der Waals surface area contributed by atoms with Gasteiger partial charge in [0, 0.05) is 23.9 Å². The van der Waals surface area contributed by atoms with Crippen molar-refractivity contribution in [2.45, 2.75) is 39.7 Å². The van der Waals surface area contributed by atoms with E-state index >= 15 is 0 Å². The molecule has 6 heteroatoms. The summed E-state index contributed by atoms with van der Waals surface area (Å²) >= 11 is 0. The first-order valence-electron chi connectivity index (χ1n) is 11.5. The zero-order chi connectivity index (χ0) is 24.1. The maximum atomic E-state index is 13.3. The third-order valence-corrected chi connectivity index (χ3v) is 6.01. The van der Waals surface area contributed by atoms with Crippen molar-refractivity contribution in [1.29, 1.82) is 0 Å². The number of anilines is 1. The van der Waals surface area contributed by atoms with Gasteiger partial charge in [-0.05, 0) is 49.9 Å². The van der Waals surface area contributed by atoms with Crippen LogP contribution in [0.25, 0.3) is 11.1 Å². The Morgan fingerprint density at radius 1 is 0.941 bits per heavy atom. The first-order valence-corrected chi connectivity index (χ1v) is 11.5. The van der Waals surface area contributed by atoms with Crippen molar-refractivity contribution in [2.75, 3.05) is 11.9 Å². The minimum absolute atomic E-state index is 0.153. The van der Waals surface area contributed by atoms with Crippen LogP contribution in [0.1, 0.15) is 47.0 Å². The van der Waals surface area contributed by atoms with Crippen LogP contribution in [0.15, 0.2) is 77.4 Å². The molecular formula is C28H30N4O2. The number of carbonyl (C=O) groups is 1. The maximum absolute atomic E-state index is 13.3. The van der Waals surface area contributed by atoms with Gasteiger partial charge in [0.05, 0.1) is 5.69 Å². The molecule has 0 saturated heterocycles. The summed E-state index contributed by atoms with van der Waals surface area (Å²) in [7, 11) is 0. The van der Waals surface area contributed by atoms with Crippen LogP contribution in [0.2, 0.25) is 0 Å². The fraction of sp³-hybridized carbons (Fsp3) is 0.250. The molecule has 2 atom stereocenters. The quantitative estimate of drug-likeness (QED) is 0.355. The van der Waals surface area contributed by atoms with Gasteiger partial charge in [-0.2, -0.15) is 0 Å². The third kappa shape index (κ3) is 5.41. The van der Waals surface area contributed by atoms with Gasteiger partial charge in [0.15, 0.2) is 0 Å². The van der Waals surface area contributed by atoms with Gasteiger partial charge in [-0.1, -0.05) is 72.2 Å². The van der Waals surface area contributed by atoms with E-state index in [0.29, 0.717) is 12.4 Å². The summed E-state index contributed by atoms with van der Waals surface area (Å²) in [6.07, 6.45) is 1.73. The first-order chi connectivity index (χ1) is 16.4. The number of aryl methyl sites for hydroxylation is 3. The van der Waals surface area contributed by atoms with Crippen LogP contribution < -0.4 is 10.6 Å². The molecule has 0 fully saturated rings. The summed E-state index contributed by atoms with van der Waals surface area (Å²) in [5, 5.41) is 10.4. The number of aromatic nitrogens is 2. The second kappa shape index (κ2) is 10.4. The monoisotopic (exact) mass is 454 g/mol. The zero-order valence-electron chi connectivity index (χ0n) is 20.0. The number of pyridine rings is 1. The van der Waals surface area contributed by atoms with Crippen molar-refractivity contribution in [1.82, 2.24) is 15.5 Å². The minimum Gasteiger partial charge on any atom is -0.361 e. The Kier molecular flexibility index (Phi) is 7.18. The molecule has 0 bridgehead atoms. The van der Waals surface area contributed by atoms with E-state index in [0.717, 1.165) is 28.1 Å². The lowest BCUT2D eigenvalue weighted by atomic mass is 9.98. The van der Waals surface area contributed by atoms with Crippen LogP contribution in [0, 0.1) is 20.8 Å². The molecule has 2 heterocycles. The number of rotatable bonds is 8. The van der Waals surface area contributed by atoms with Crippen LogP contribution in [0.4, 0.5) is 5.82 Å². The van der Waals surface area contributed by atoms with Crippen molar-refractivity contribution in [3.05, 3.63) is 101 Å². The van der Waals surface area contributed by atoms with Crippen LogP contribution in [0.5, 0.6) is 0 Å². The maximum Gasteiger partial charge on any atom is 0.247 e. The second-order valence-corrected chi connectivity index (χ2v) is 8.68. The van der Waals surface area contributed by atoms with E-state index in [-0.39, 0.29) is 11.8 Å². The predicted molar refractivity (Wildman–Crippen MR) is 135 cm³/mol. The Hall–Kier alpha value is -3.77. The SMILES string of the molecule is Cc1ccc(C(C)CN[C@@H](C(=O)Nc2ccc(-c3c(C)noc3C)cn2)c2ccccc2)cc1. The van der Waals surface area contributed by atoms with Gasteiger partial charge in [0.2, 0.25) is 5.91 Å².